The first-order valence-electron chi connectivity index (χ1n) is 7.22. The second-order valence-electron chi connectivity index (χ2n) is 6.08. The first kappa shape index (κ1) is 17.3. The second-order valence-corrected chi connectivity index (χ2v) is 6.08. The predicted octanol–water partition coefficient (Wildman–Crippen LogP) is 2.04. The van der Waals surface area contributed by atoms with Gasteiger partial charge in [-0.2, -0.15) is 0 Å². The average Bonchev–Trinajstić information content (AvgIpc) is 2.42. The van der Waals surface area contributed by atoms with Crippen LogP contribution in [-0.4, -0.2) is 36.9 Å². The van der Waals surface area contributed by atoms with E-state index in [0.717, 1.165) is 11.3 Å². The van der Waals surface area contributed by atoms with E-state index in [1.54, 1.807) is 6.92 Å². The lowest BCUT2D eigenvalue weighted by Crippen LogP contribution is -2.43. The van der Waals surface area contributed by atoms with Crippen LogP contribution in [0, 0.1) is 0 Å². The minimum absolute atomic E-state index is 0.0119. The maximum Gasteiger partial charge on any atom is 0.315 e. The van der Waals surface area contributed by atoms with Gasteiger partial charge in [-0.05, 0) is 24.0 Å². The van der Waals surface area contributed by atoms with Crippen LogP contribution in [0.4, 0.5) is 4.79 Å². The average molecular weight is 294 g/mol. The van der Waals surface area contributed by atoms with Crippen molar-refractivity contribution in [2.24, 2.45) is 0 Å². The highest BCUT2D eigenvalue weighted by atomic mass is 16.5. The van der Waals surface area contributed by atoms with Crippen molar-refractivity contribution in [3.8, 4) is 5.75 Å². The van der Waals surface area contributed by atoms with Crippen molar-refractivity contribution in [2.45, 2.75) is 39.2 Å². The molecule has 1 aromatic carbocycles. The number of hydrogen-bond donors (Lipinski definition) is 3. The molecule has 0 aliphatic carbocycles. The zero-order chi connectivity index (χ0) is 15.9. The molecule has 21 heavy (non-hydrogen) atoms. The van der Waals surface area contributed by atoms with Crippen LogP contribution >= 0.6 is 0 Å². The van der Waals surface area contributed by atoms with Crippen molar-refractivity contribution in [3.63, 3.8) is 0 Å². The van der Waals surface area contributed by atoms with Crippen LogP contribution in [0.15, 0.2) is 24.3 Å². The number of benzene rings is 1. The zero-order valence-corrected chi connectivity index (χ0v) is 13.3. The van der Waals surface area contributed by atoms with Gasteiger partial charge in [-0.1, -0.05) is 39.0 Å². The van der Waals surface area contributed by atoms with Gasteiger partial charge in [0.2, 0.25) is 0 Å². The summed E-state index contributed by atoms with van der Waals surface area (Å²) in [6.45, 7) is 8.86. The molecule has 0 aliphatic heterocycles. The van der Waals surface area contributed by atoms with Crippen molar-refractivity contribution in [1.82, 2.24) is 10.6 Å². The van der Waals surface area contributed by atoms with E-state index in [1.165, 1.54) is 0 Å². The van der Waals surface area contributed by atoms with Gasteiger partial charge >= 0.3 is 6.03 Å². The second kappa shape index (κ2) is 7.88. The van der Waals surface area contributed by atoms with Crippen molar-refractivity contribution in [1.29, 1.82) is 0 Å². The summed E-state index contributed by atoms with van der Waals surface area (Å²) in [6, 6.07) is 7.37. The maximum atomic E-state index is 11.5. The smallest absolute Gasteiger partial charge is 0.315 e. The van der Waals surface area contributed by atoms with Crippen LogP contribution in [0.3, 0.4) is 0 Å². The highest BCUT2D eigenvalue weighted by Crippen LogP contribution is 2.30. The van der Waals surface area contributed by atoms with E-state index in [2.05, 4.69) is 37.5 Å². The molecule has 0 spiro atoms. The normalized spacial score (nSPS) is 12.6. The molecule has 0 fully saturated rings. The largest absolute Gasteiger partial charge is 0.491 e. The highest BCUT2D eigenvalue weighted by Gasteiger charge is 2.18. The number of urea groups is 1. The molecular formula is C16H26N2O3. The lowest BCUT2D eigenvalue weighted by molar-refractivity contribution is 0.217. The van der Waals surface area contributed by atoms with E-state index in [0.29, 0.717) is 13.2 Å². The molecular weight excluding hydrogens is 268 g/mol. The van der Waals surface area contributed by atoms with E-state index in [1.807, 2.05) is 18.2 Å². The molecule has 5 nitrogen and oxygen atoms in total. The Bertz CT molecular complexity index is 455. The predicted molar refractivity (Wildman–Crippen MR) is 83.7 cm³/mol. The minimum Gasteiger partial charge on any atom is -0.491 e. The number of hydrogen-bond acceptors (Lipinski definition) is 3. The van der Waals surface area contributed by atoms with Crippen LogP contribution in [0.1, 0.15) is 33.3 Å². The van der Waals surface area contributed by atoms with E-state index >= 15 is 0 Å². The van der Waals surface area contributed by atoms with Gasteiger partial charge < -0.3 is 20.5 Å². The number of carbonyl (C=O) groups excluding carboxylic acids is 1. The summed E-state index contributed by atoms with van der Waals surface area (Å²) < 4.78 is 5.75. The molecule has 1 atom stereocenters. The van der Waals surface area contributed by atoms with Crippen LogP contribution in [0.5, 0.6) is 5.75 Å². The van der Waals surface area contributed by atoms with Crippen molar-refractivity contribution in [3.05, 3.63) is 29.8 Å². The summed E-state index contributed by atoms with van der Waals surface area (Å²) >= 11 is 0. The zero-order valence-electron chi connectivity index (χ0n) is 13.3. The summed E-state index contributed by atoms with van der Waals surface area (Å²) in [5.74, 6) is 0.843. The Hall–Kier alpha value is -1.75. The fourth-order valence-electron chi connectivity index (χ4n) is 1.86. The van der Waals surface area contributed by atoms with Crippen molar-refractivity contribution < 1.29 is 14.6 Å². The van der Waals surface area contributed by atoms with Crippen molar-refractivity contribution >= 4 is 6.03 Å². The number of para-hydroxylation sites is 1. The van der Waals surface area contributed by atoms with Gasteiger partial charge in [0.05, 0.1) is 19.2 Å². The summed E-state index contributed by atoms with van der Waals surface area (Å²) in [5.41, 5.74) is 1.15. The van der Waals surface area contributed by atoms with Crippen LogP contribution in [0.25, 0.3) is 0 Å². The first-order valence-corrected chi connectivity index (χ1v) is 7.22. The summed E-state index contributed by atoms with van der Waals surface area (Å²) in [5, 5.41) is 14.1. The highest BCUT2D eigenvalue weighted by molar-refractivity contribution is 5.74. The minimum atomic E-state index is -0.302. The Morgan fingerprint density at radius 1 is 1.33 bits per heavy atom. The third-order valence-electron chi connectivity index (χ3n) is 2.99. The topological polar surface area (TPSA) is 70.6 Å². The molecule has 1 aromatic rings. The molecule has 2 amide bonds. The SMILES string of the molecule is CC(CO)NC(=O)NCCOc1ccccc1C(C)(C)C. The number of aliphatic hydroxyl groups excluding tert-OH is 1. The third kappa shape index (κ3) is 6.04. The lowest BCUT2D eigenvalue weighted by Gasteiger charge is -2.22. The van der Waals surface area contributed by atoms with Gasteiger partial charge in [0.15, 0.2) is 0 Å². The van der Waals surface area contributed by atoms with Crippen LogP contribution in [-0.2, 0) is 5.41 Å². The number of ether oxygens (including phenoxy) is 1. The summed E-state index contributed by atoms with van der Waals surface area (Å²) in [4.78, 5) is 11.5. The Morgan fingerprint density at radius 3 is 2.62 bits per heavy atom. The van der Waals surface area contributed by atoms with Crippen LogP contribution < -0.4 is 15.4 Å². The molecule has 1 unspecified atom stereocenters. The first-order chi connectivity index (χ1) is 9.84. The Kier molecular flexibility index (Phi) is 6.49. The van der Waals surface area contributed by atoms with Crippen molar-refractivity contribution in [2.75, 3.05) is 19.8 Å². The molecule has 118 valence electrons. The van der Waals surface area contributed by atoms with Gasteiger partial charge in [-0.25, -0.2) is 4.79 Å². The molecule has 0 heterocycles. The molecule has 5 heteroatoms. The van der Waals surface area contributed by atoms with Crippen LogP contribution in [0.2, 0.25) is 0 Å². The quantitative estimate of drug-likeness (QED) is 0.703. The lowest BCUT2D eigenvalue weighted by atomic mass is 9.86. The molecule has 0 saturated carbocycles. The van der Waals surface area contributed by atoms with E-state index in [4.69, 9.17) is 9.84 Å². The molecule has 0 radical (unpaired) electrons. The molecule has 0 bridgehead atoms. The third-order valence-corrected chi connectivity index (χ3v) is 2.99. The number of aliphatic hydroxyl groups is 1. The van der Waals surface area contributed by atoms with E-state index in [9.17, 15) is 4.79 Å². The summed E-state index contributed by atoms with van der Waals surface area (Å²) in [6.07, 6.45) is 0. The number of carbonyl (C=O) groups is 1. The van der Waals surface area contributed by atoms with Gasteiger partial charge in [0.25, 0.3) is 0 Å². The fourth-order valence-corrected chi connectivity index (χ4v) is 1.86. The van der Waals surface area contributed by atoms with E-state index < -0.39 is 0 Å². The molecule has 0 saturated heterocycles. The molecule has 1 rings (SSSR count). The molecule has 0 aromatic heterocycles. The van der Waals surface area contributed by atoms with E-state index in [-0.39, 0.29) is 24.1 Å². The molecule has 0 aliphatic rings. The Labute approximate surface area is 126 Å². The van der Waals surface area contributed by atoms with Gasteiger partial charge in [0, 0.05) is 0 Å². The number of nitrogens with one attached hydrogen (secondary N) is 2. The molecule has 3 N–H and O–H groups in total. The van der Waals surface area contributed by atoms with Gasteiger partial charge in [-0.3, -0.25) is 0 Å². The Balaban J connectivity index is 2.42. The fraction of sp³-hybridized carbons (Fsp3) is 0.562. The summed E-state index contributed by atoms with van der Waals surface area (Å²) in [7, 11) is 0. The monoisotopic (exact) mass is 294 g/mol. The Morgan fingerprint density at radius 2 is 2.00 bits per heavy atom. The van der Waals surface area contributed by atoms with Gasteiger partial charge in [-0.15, -0.1) is 0 Å². The number of amides is 2. The maximum absolute atomic E-state index is 11.5. The number of rotatable bonds is 6. The van der Waals surface area contributed by atoms with Gasteiger partial charge in [0.1, 0.15) is 12.4 Å². The standard InChI is InChI=1S/C16H26N2O3/c1-12(11-19)18-15(20)17-9-10-21-14-8-6-5-7-13(14)16(2,3)4/h5-8,12,19H,9-11H2,1-4H3,(H2,17,18,20).